The Hall–Kier alpha value is 1.10. The predicted octanol–water partition coefficient (Wildman–Crippen LogP) is -4.17. The largest absolute Gasteiger partial charge is 4.00 e. The van der Waals surface area contributed by atoms with Crippen molar-refractivity contribution >= 4 is 15.6 Å². The summed E-state index contributed by atoms with van der Waals surface area (Å²) < 4.78 is 21.2. The standard InChI is InChI=1S/H4O7P2.H2O.Zr/c1-8(2,3)7-9(4,5)6;;/h(H2,1,2,3)(H2,4,5,6);1H2;/q;;+4/p-4. The molecule has 0 saturated carbocycles. The second-order valence-electron chi connectivity index (χ2n) is 0.976. The molecule has 11 heavy (non-hydrogen) atoms. The summed E-state index contributed by atoms with van der Waals surface area (Å²) in [6, 6.07) is 0. The van der Waals surface area contributed by atoms with E-state index in [1.165, 1.54) is 0 Å². The maximum absolute atomic E-state index is 9.32. The first-order chi connectivity index (χ1) is 3.71. The quantitative estimate of drug-likeness (QED) is 0.463. The summed E-state index contributed by atoms with van der Waals surface area (Å²) in [5.74, 6) is 0. The molecule has 8 nitrogen and oxygen atoms in total. The molecule has 0 saturated heterocycles. The minimum Gasteiger partial charge on any atom is -0.790 e. The molecule has 0 aromatic carbocycles. The van der Waals surface area contributed by atoms with Crippen LogP contribution in [0, 0.1) is 0 Å². The molecule has 0 rings (SSSR count). The Bertz CT molecular complexity index is 153. The van der Waals surface area contributed by atoms with Gasteiger partial charge in [-0.25, -0.2) is 0 Å². The second-order valence-corrected chi connectivity index (χ2v) is 3.42. The summed E-state index contributed by atoms with van der Waals surface area (Å²) >= 11 is 0. The molecule has 2 N–H and O–H groups in total. The topological polar surface area (TPSA) is 167 Å². The van der Waals surface area contributed by atoms with Crippen molar-refractivity contribution in [3.05, 3.63) is 0 Å². The van der Waals surface area contributed by atoms with E-state index in [2.05, 4.69) is 4.31 Å². The summed E-state index contributed by atoms with van der Waals surface area (Å²) in [5.41, 5.74) is 0. The maximum atomic E-state index is 9.32. The van der Waals surface area contributed by atoms with Gasteiger partial charge in [-0.3, -0.25) is 0 Å². The first-order valence-electron chi connectivity index (χ1n) is 1.46. The average molecular weight is 283 g/mol. The third-order valence-electron chi connectivity index (χ3n) is 0.200. The molecule has 0 aromatic rings. The molecule has 0 bridgehead atoms. The maximum Gasteiger partial charge on any atom is 4.00 e. The predicted molar refractivity (Wildman–Crippen MR) is 19.9 cm³/mol. The van der Waals surface area contributed by atoms with E-state index in [1.807, 2.05) is 0 Å². The van der Waals surface area contributed by atoms with Gasteiger partial charge in [0.15, 0.2) is 0 Å². The fourth-order valence-electron chi connectivity index (χ4n) is 0.122. The van der Waals surface area contributed by atoms with Crippen molar-refractivity contribution in [2.75, 3.05) is 0 Å². The molecule has 0 spiro atoms. The molecular formula is H2O8P2Zr. The Balaban J connectivity index is -0.000000320. The Labute approximate surface area is 80.5 Å². The van der Waals surface area contributed by atoms with Crippen molar-refractivity contribution in [2.45, 2.75) is 0 Å². The Morgan fingerprint density at radius 2 is 1.09 bits per heavy atom. The van der Waals surface area contributed by atoms with E-state index >= 15 is 0 Å². The first kappa shape index (κ1) is 18.0. The van der Waals surface area contributed by atoms with Crippen LogP contribution < -0.4 is 19.6 Å². The van der Waals surface area contributed by atoms with E-state index in [4.69, 9.17) is 0 Å². The third kappa shape index (κ3) is 18.2. The fourth-order valence-corrected chi connectivity index (χ4v) is 1.10. The first-order valence-corrected chi connectivity index (χ1v) is 4.38. The molecule has 0 aliphatic rings. The van der Waals surface area contributed by atoms with Crippen molar-refractivity contribution in [1.82, 2.24) is 0 Å². The molecule has 0 heterocycles. The van der Waals surface area contributed by atoms with Crippen molar-refractivity contribution in [1.29, 1.82) is 0 Å². The summed E-state index contributed by atoms with van der Waals surface area (Å²) in [6.45, 7) is 0. The minimum absolute atomic E-state index is 0. The van der Waals surface area contributed by atoms with Crippen LogP contribution in [0.1, 0.15) is 0 Å². The van der Waals surface area contributed by atoms with Crippen molar-refractivity contribution in [3.8, 4) is 0 Å². The van der Waals surface area contributed by atoms with Crippen LogP contribution in [0.3, 0.4) is 0 Å². The van der Waals surface area contributed by atoms with Gasteiger partial charge in [0.05, 0.1) is 15.6 Å². The van der Waals surface area contributed by atoms with Crippen LogP contribution in [-0.4, -0.2) is 5.48 Å². The van der Waals surface area contributed by atoms with Crippen LogP contribution in [-0.2, 0) is 39.6 Å². The van der Waals surface area contributed by atoms with Crippen molar-refractivity contribution in [2.24, 2.45) is 0 Å². The third-order valence-corrected chi connectivity index (χ3v) is 1.80. The van der Waals surface area contributed by atoms with Crippen LogP contribution in [0.4, 0.5) is 0 Å². The molecule has 64 valence electrons. The van der Waals surface area contributed by atoms with Gasteiger partial charge in [-0.2, -0.15) is 0 Å². The van der Waals surface area contributed by atoms with Gasteiger partial charge in [0.2, 0.25) is 0 Å². The van der Waals surface area contributed by atoms with Crippen molar-refractivity contribution in [3.63, 3.8) is 0 Å². The Morgan fingerprint density at radius 1 is 0.909 bits per heavy atom. The molecule has 0 unspecified atom stereocenters. The van der Waals surface area contributed by atoms with Crippen molar-refractivity contribution < 1.29 is 64.7 Å². The number of hydrogen-bond acceptors (Lipinski definition) is 7. The second kappa shape index (κ2) is 5.70. The van der Waals surface area contributed by atoms with E-state index in [0.717, 1.165) is 0 Å². The van der Waals surface area contributed by atoms with Gasteiger partial charge in [-0.05, 0) is 0 Å². The average Bonchev–Trinajstić information content (AvgIpc) is 1.14. The van der Waals surface area contributed by atoms with Gasteiger partial charge in [-0.1, -0.05) is 0 Å². The molecule has 0 aliphatic heterocycles. The van der Waals surface area contributed by atoms with Gasteiger partial charge < -0.3 is 38.5 Å². The van der Waals surface area contributed by atoms with Gasteiger partial charge in [0, 0.05) is 0 Å². The molecule has 0 fully saturated rings. The van der Waals surface area contributed by atoms with E-state index < -0.39 is 15.6 Å². The van der Waals surface area contributed by atoms with Gasteiger partial charge in [0.1, 0.15) is 0 Å². The van der Waals surface area contributed by atoms with E-state index in [0.29, 0.717) is 0 Å². The SMILES string of the molecule is O.O=P([O-])([O-])OP(=O)([O-])[O-].[Zr+4]. The molecule has 0 aromatic heterocycles. The van der Waals surface area contributed by atoms with Crippen LogP contribution in [0.2, 0.25) is 0 Å². The summed E-state index contributed by atoms with van der Waals surface area (Å²) in [4.78, 5) is 37.3. The zero-order chi connectivity index (χ0) is 7.71. The molecule has 11 heteroatoms. The molecule has 0 atom stereocenters. The van der Waals surface area contributed by atoms with Gasteiger partial charge >= 0.3 is 26.2 Å². The zero-order valence-electron chi connectivity index (χ0n) is 4.75. The zero-order valence-corrected chi connectivity index (χ0v) is 9.00. The Kier molecular flexibility index (Phi) is 9.33. The number of phosphoric acid groups is 2. The van der Waals surface area contributed by atoms with E-state index in [-0.39, 0.29) is 31.7 Å². The molecule has 0 aliphatic carbocycles. The van der Waals surface area contributed by atoms with Gasteiger partial charge in [0.25, 0.3) is 0 Å². The number of rotatable bonds is 2. The van der Waals surface area contributed by atoms with Crippen LogP contribution >= 0.6 is 15.6 Å². The monoisotopic (exact) mass is 282 g/mol. The Morgan fingerprint density at radius 3 is 1.09 bits per heavy atom. The molecule has 0 amide bonds. The summed E-state index contributed by atoms with van der Waals surface area (Å²) in [6.07, 6.45) is 0. The summed E-state index contributed by atoms with van der Waals surface area (Å²) in [5, 5.41) is 0. The normalized spacial score (nSPS) is 11.3. The van der Waals surface area contributed by atoms with E-state index in [9.17, 15) is 28.7 Å². The van der Waals surface area contributed by atoms with Crippen LogP contribution in [0.5, 0.6) is 0 Å². The van der Waals surface area contributed by atoms with Gasteiger partial charge in [-0.15, -0.1) is 0 Å². The van der Waals surface area contributed by atoms with E-state index in [1.54, 1.807) is 0 Å². The molecular weight excluding hydrogens is 281 g/mol. The fraction of sp³-hybridized carbons (Fsp3) is 0. The van der Waals surface area contributed by atoms with Crippen LogP contribution in [0.15, 0.2) is 0 Å². The van der Waals surface area contributed by atoms with Crippen LogP contribution in [0.25, 0.3) is 0 Å². The number of hydrogen-bond donors (Lipinski definition) is 0. The summed E-state index contributed by atoms with van der Waals surface area (Å²) in [7, 11) is -11.4. The smallest absolute Gasteiger partial charge is 0.790 e. The molecule has 0 radical (unpaired) electrons. The minimum atomic E-state index is -5.68.